The van der Waals surface area contributed by atoms with Crippen LogP contribution in [-0.2, 0) is 6.54 Å². The van der Waals surface area contributed by atoms with Gasteiger partial charge in [-0.05, 0) is 29.8 Å². The van der Waals surface area contributed by atoms with Crippen molar-refractivity contribution in [3.8, 4) is 0 Å². The molecular formula is C20H16ClN5O. The number of benzene rings is 2. The third-order valence-corrected chi connectivity index (χ3v) is 4.37. The highest BCUT2D eigenvalue weighted by Crippen LogP contribution is 2.15. The van der Waals surface area contributed by atoms with Gasteiger partial charge >= 0.3 is 0 Å². The van der Waals surface area contributed by atoms with Crippen molar-refractivity contribution in [2.75, 3.05) is 0 Å². The number of nitrogens with one attached hydrogen (secondary N) is 2. The zero-order valence-corrected chi connectivity index (χ0v) is 15.0. The molecule has 0 atom stereocenters. The lowest BCUT2D eigenvalue weighted by Crippen LogP contribution is -2.18. The highest BCUT2D eigenvalue weighted by atomic mass is 35.5. The number of nitrogens with zero attached hydrogens (tertiary/aromatic N) is 3. The molecule has 134 valence electrons. The van der Waals surface area contributed by atoms with E-state index in [0.717, 1.165) is 22.0 Å². The second-order valence-corrected chi connectivity index (χ2v) is 6.45. The molecule has 2 N–H and O–H groups in total. The van der Waals surface area contributed by atoms with Gasteiger partial charge in [0.1, 0.15) is 0 Å². The zero-order chi connectivity index (χ0) is 18.6. The molecule has 2 aromatic heterocycles. The molecule has 0 radical (unpaired) electrons. The first kappa shape index (κ1) is 17.1. The number of aromatic nitrogens is 3. The van der Waals surface area contributed by atoms with Gasteiger partial charge in [0, 0.05) is 33.9 Å². The summed E-state index contributed by atoms with van der Waals surface area (Å²) in [6, 6.07) is 17.1. The van der Waals surface area contributed by atoms with Crippen LogP contribution in [0, 0.1) is 0 Å². The quantitative estimate of drug-likeness (QED) is 0.409. The molecule has 6 nitrogen and oxygen atoms in total. The molecule has 2 heterocycles. The molecule has 0 aliphatic heterocycles. The molecule has 0 fully saturated rings. The number of amides is 1. The number of hydrazone groups is 1. The molecular weight excluding hydrogens is 362 g/mol. The van der Waals surface area contributed by atoms with E-state index >= 15 is 0 Å². The Balaban J connectivity index is 1.40. The Morgan fingerprint density at radius 3 is 2.85 bits per heavy atom. The average Bonchev–Trinajstić information content (AvgIpc) is 3.31. The molecule has 0 aliphatic carbocycles. The molecule has 4 aromatic rings. The Morgan fingerprint density at radius 1 is 1.19 bits per heavy atom. The van der Waals surface area contributed by atoms with E-state index in [-0.39, 0.29) is 5.91 Å². The lowest BCUT2D eigenvalue weighted by atomic mass is 10.2. The van der Waals surface area contributed by atoms with E-state index < -0.39 is 0 Å². The van der Waals surface area contributed by atoms with Crippen molar-refractivity contribution >= 4 is 34.6 Å². The SMILES string of the molecule is O=C(N/N=C/c1c[nH]c2ccccc12)c1ccn(Cc2ccc(Cl)cc2)n1. The molecule has 0 aliphatic rings. The minimum Gasteiger partial charge on any atom is -0.361 e. The topological polar surface area (TPSA) is 75.1 Å². The van der Waals surface area contributed by atoms with Gasteiger partial charge in [-0.15, -0.1) is 0 Å². The normalized spacial score (nSPS) is 11.3. The number of para-hydroxylation sites is 1. The first-order valence-electron chi connectivity index (χ1n) is 8.36. The van der Waals surface area contributed by atoms with Crippen LogP contribution in [0.15, 0.2) is 72.1 Å². The maximum atomic E-state index is 12.2. The van der Waals surface area contributed by atoms with Crippen LogP contribution < -0.4 is 5.43 Å². The van der Waals surface area contributed by atoms with Crippen LogP contribution >= 0.6 is 11.6 Å². The maximum absolute atomic E-state index is 12.2. The summed E-state index contributed by atoms with van der Waals surface area (Å²) in [6.07, 6.45) is 5.22. The largest absolute Gasteiger partial charge is 0.361 e. The number of halogens is 1. The van der Waals surface area contributed by atoms with Crippen molar-refractivity contribution in [1.82, 2.24) is 20.2 Å². The molecule has 0 saturated heterocycles. The van der Waals surface area contributed by atoms with Crippen molar-refractivity contribution in [1.29, 1.82) is 0 Å². The van der Waals surface area contributed by atoms with Gasteiger partial charge in [-0.1, -0.05) is 41.9 Å². The number of hydrogen-bond acceptors (Lipinski definition) is 3. The van der Waals surface area contributed by atoms with E-state index in [1.165, 1.54) is 0 Å². The van der Waals surface area contributed by atoms with E-state index in [1.807, 2.05) is 54.7 Å². The molecule has 7 heteroatoms. The number of fused-ring (bicyclic) bond motifs is 1. The summed E-state index contributed by atoms with van der Waals surface area (Å²) in [5.74, 6) is -0.360. The van der Waals surface area contributed by atoms with Crippen LogP contribution in [-0.4, -0.2) is 26.9 Å². The van der Waals surface area contributed by atoms with Gasteiger partial charge in [0.15, 0.2) is 5.69 Å². The van der Waals surface area contributed by atoms with Crippen LogP contribution in [0.5, 0.6) is 0 Å². The number of H-pyrrole nitrogens is 1. The number of hydrogen-bond donors (Lipinski definition) is 2. The summed E-state index contributed by atoms with van der Waals surface area (Å²) in [6.45, 7) is 0.559. The Labute approximate surface area is 160 Å². The third-order valence-electron chi connectivity index (χ3n) is 4.12. The molecule has 0 bridgehead atoms. The predicted octanol–water partition coefficient (Wildman–Crippen LogP) is 3.83. The lowest BCUT2D eigenvalue weighted by molar-refractivity contribution is 0.0949. The van der Waals surface area contributed by atoms with Gasteiger partial charge in [-0.3, -0.25) is 9.48 Å². The van der Waals surface area contributed by atoms with Crippen LogP contribution in [0.3, 0.4) is 0 Å². The second-order valence-electron chi connectivity index (χ2n) is 6.01. The summed E-state index contributed by atoms with van der Waals surface area (Å²) in [4.78, 5) is 15.4. The first-order valence-corrected chi connectivity index (χ1v) is 8.74. The van der Waals surface area contributed by atoms with Crippen LogP contribution in [0.25, 0.3) is 10.9 Å². The van der Waals surface area contributed by atoms with Crippen molar-refractivity contribution in [3.05, 3.63) is 88.8 Å². The van der Waals surface area contributed by atoms with E-state index in [9.17, 15) is 4.79 Å². The summed E-state index contributed by atoms with van der Waals surface area (Å²) in [5.41, 5.74) is 5.79. The standard InChI is InChI=1S/C20H16ClN5O/c21-16-7-5-14(6-8-16)13-26-10-9-19(25-26)20(27)24-23-12-15-11-22-18-4-2-1-3-17(15)18/h1-12,22H,13H2,(H,24,27)/b23-12+. The number of rotatable bonds is 5. The summed E-state index contributed by atoms with van der Waals surface area (Å²) < 4.78 is 1.70. The third kappa shape index (κ3) is 3.91. The molecule has 27 heavy (non-hydrogen) atoms. The maximum Gasteiger partial charge on any atom is 0.291 e. The van der Waals surface area contributed by atoms with Gasteiger partial charge in [-0.2, -0.15) is 10.2 Å². The molecule has 0 unspecified atom stereocenters. The van der Waals surface area contributed by atoms with E-state index in [2.05, 4.69) is 20.6 Å². The Kier molecular flexibility index (Phi) is 4.72. The number of carbonyl (C=O) groups is 1. The van der Waals surface area contributed by atoms with Gasteiger partial charge in [-0.25, -0.2) is 5.43 Å². The first-order chi connectivity index (χ1) is 13.2. The van der Waals surface area contributed by atoms with Gasteiger partial charge in [0.25, 0.3) is 5.91 Å². The van der Waals surface area contributed by atoms with E-state index in [4.69, 9.17) is 11.6 Å². The Bertz CT molecular complexity index is 1110. The zero-order valence-electron chi connectivity index (χ0n) is 14.3. The van der Waals surface area contributed by atoms with E-state index in [1.54, 1.807) is 23.2 Å². The van der Waals surface area contributed by atoms with E-state index in [0.29, 0.717) is 17.3 Å². The van der Waals surface area contributed by atoms with Crippen molar-refractivity contribution in [2.24, 2.45) is 5.10 Å². The summed E-state index contributed by atoms with van der Waals surface area (Å²) in [7, 11) is 0. The highest BCUT2D eigenvalue weighted by molar-refractivity contribution is 6.30. The molecule has 4 rings (SSSR count). The van der Waals surface area contributed by atoms with Crippen molar-refractivity contribution in [2.45, 2.75) is 6.54 Å². The minimum absolute atomic E-state index is 0.306. The predicted molar refractivity (Wildman–Crippen MR) is 106 cm³/mol. The Morgan fingerprint density at radius 2 is 2.00 bits per heavy atom. The fourth-order valence-electron chi connectivity index (χ4n) is 2.77. The monoisotopic (exact) mass is 377 g/mol. The lowest BCUT2D eigenvalue weighted by Gasteiger charge is -2.02. The number of carbonyl (C=O) groups excluding carboxylic acids is 1. The molecule has 1 amide bonds. The van der Waals surface area contributed by atoms with Crippen LogP contribution in [0.1, 0.15) is 21.6 Å². The highest BCUT2D eigenvalue weighted by Gasteiger charge is 2.09. The molecule has 0 spiro atoms. The van der Waals surface area contributed by atoms with Crippen molar-refractivity contribution < 1.29 is 4.79 Å². The summed E-state index contributed by atoms with van der Waals surface area (Å²) >= 11 is 5.89. The Hall–Kier alpha value is -3.38. The molecule has 0 saturated carbocycles. The van der Waals surface area contributed by atoms with Crippen LogP contribution in [0.2, 0.25) is 5.02 Å². The van der Waals surface area contributed by atoms with Gasteiger partial charge in [0.2, 0.25) is 0 Å². The number of aromatic amines is 1. The van der Waals surface area contributed by atoms with Crippen molar-refractivity contribution in [3.63, 3.8) is 0 Å². The van der Waals surface area contributed by atoms with Gasteiger partial charge in [0.05, 0.1) is 12.8 Å². The average molecular weight is 378 g/mol. The molecule has 2 aromatic carbocycles. The van der Waals surface area contributed by atoms with Crippen LogP contribution in [0.4, 0.5) is 0 Å². The fourth-order valence-corrected chi connectivity index (χ4v) is 2.89. The van der Waals surface area contributed by atoms with Gasteiger partial charge < -0.3 is 4.98 Å². The fraction of sp³-hybridized carbons (Fsp3) is 0.0500. The minimum atomic E-state index is -0.360. The second kappa shape index (κ2) is 7.47. The summed E-state index contributed by atoms with van der Waals surface area (Å²) in [5, 5.41) is 10.1. The smallest absolute Gasteiger partial charge is 0.291 e.